The molecule has 0 atom stereocenters. The molecule has 1 aliphatic rings. The van der Waals surface area contributed by atoms with Gasteiger partial charge >= 0.3 is 0 Å². The zero-order chi connectivity index (χ0) is 18.6. The predicted octanol–water partition coefficient (Wildman–Crippen LogP) is 4.15. The van der Waals surface area contributed by atoms with Crippen LogP contribution in [0.15, 0.2) is 54.6 Å². The Kier molecular flexibility index (Phi) is 5.46. The van der Waals surface area contributed by atoms with Crippen molar-refractivity contribution in [3.8, 4) is 11.6 Å². The van der Waals surface area contributed by atoms with Crippen molar-refractivity contribution in [1.82, 2.24) is 14.4 Å². The Balaban J connectivity index is 1.54. The summed E-state index contributed by atoms with van der Waals surface area (Å²) in [5, 5.41) is 1.31. The molecule has 142 valence electrons. The third-order valence-electron chi connectivity index (χ3n) is 5.61. The van der Waals surface area contributed by atoms with E-state index >= 15 is 0 Å². The van der Waals surface area contributed by atoms with Crippen molar-refractivity contribution in [3.05, 3.63) is 60.2 Å². The van der Waals surface area contributed by atoms with Gasteiger partial charge in [0.25, 0.3) is 0 Å². The van der Waals surface area contributed by atoms with Gasteiger partial charge in [-0.1, -0.05) is 36.4 Å². The normalized spacial score (nSPS) is 16.1. The van der Waals surface area contributed by atoms with E-state index in [2.05, 4.69) is 52.7 Å². The highest BCUT2D eigenvalue weighted by molar-refractivity contribution is 5.87. The number of piperazine rings is 1. The average Bonchev–Trinajstić information content (AvgIpc) is 2.96. The molecule has 0 spiro atoms. The maximum Gasteiger partial charge on any atom is 0.204 e. The summed E-state index contributed by atoms with van der Waals surface area (Å²) in [6.07, 6.45) is 2.19. The van der Waals surface area contributed by atoms with Gasteiger partial charge in [-0.05, 0) is 44.6 Å². The standard InChI is InChI=1S/C23H29N3O/c1-24-15-17-26(18-16-24)14-8-12-21-20-11-6-7-13-22(20)25(2)23(21)27-19-9-4-3-5-10-19/h3-7,9-11,13H,8,12,14-18H2,1-2H3. The molecule has 2 heterocycles. The Morgan fingerprint density at radius 3 is 2.33 bits per heavy atom. The van der Waals surface area contributed by atoms with Crippen LogP contribution in [0.4, 0.5) is 0 Å². The van der Waals surface area contributed by atoms with E-state index in [1.165, 1.54) is 42.6 Å². The molecule has 4 heteroatoms. The zero-order valence-corrected chi connectivity index (χ0v) is 16.4. The first-order valence-electron chi connectivity index (χ1n) is 9.92. The van der Waals surface area contributed by atoms with E-state index in [4.69, 9.17) is 4.74 Å². The summed E-state index contributed by atoms with van der Waals surface area (Å²) >= 11 is 0. The van der Waals surface area contributed by atoms with Gasteiger partial charge in [0.15, 0.2) is 0 Å². The van der Waals surface area contributed by atoms with Crippen molar-refractivity contribution in [3.63, 3.8) is 0 Å². The third kappa shape index (κ3) is 4.02. The van der Waals surface area contributed by atoms with Crippen LogP contribution in [0.3, 0.4) is 0 Å². The molecule has 2 aromatic carbocycles. The van der Waals surface area contributed by atoms with Crippen LogP contribution in [0.1, 0.15) is 12.0 Å². The summed E-state index contributed by atoms with van der Waals surface area (Å²) in [5.74, 6) is 1.87. The number of nitrogens with zero attached hydrogens (tertiary/aromatic N) is 3. The second-order valence-corrected chi connectivity index (χ2v) is 7.52. The van der Waals surface area contributed by atoms with Crippen LogP contribution in [0.2, 0.25) is 0 Å². The van der Waals surface area contributed by atoms with Gasteiger partial charge in [0.2, 0.25) is 5.88 Å². The monoisotopic (exact) mass is 363 g/mol. The highest BCUT2D eigenvalue weighted by Crippen LogP contribution is 2.35. The fraction of sp³-hybridized carbons (Fsp3) is 0.391. The van der Waals surface area contributed by atoms with Crippen molar-refractivity contribution in [2.45, 2.75) is 12.8 Å². The minimum Gasteiger partial charge on any atom is -0.441 e. The largest absolute Gasteiger partial charge is 0.441 e. The molecule has 0 amide bonds. The van der Waals surface area contributed by atoms with Crippen LogP contribution in [0.5, 0.6) is 11.6 Å². The minimum absolute atomic E-state index is 0.892. The lowest BCUT2D eigenvalue weighted by molar-refractivity contribution is 0.153. The highest BCUT2D eigenvalue weighted by Gasteiger charge is 2.18. The van der Waals surface area contributed by atoms with E-state index in [0.717, 1.165) is 31.0 Å². The first kappa shape index (κ1) is 18.1. The molecule has 0 saturated carbocycles. The van der Waals surface area contributed by atoms with Gasteiger partial charge in [0, 0.05) is 44.2 Å². The Morgan fingerprint density at radius 1 is 0.852 bits per heavy atom. The lowest BCUT2D eigenvalue weighted by atomic mass is 10.1. The summed E-state index contributed by atoms with van der Waals surface area (Å²) in [5.41, 5.74) is 2.56. The number of hydrogen-bond donors (Lipinski definition) is 0. The van der Waals surface area contributed by atoms with Crippen LogP contribution in [-0.4, -0.2) is 54.1 Å². The molecule has 0 N–H and O–H groups in total. The fourth-order valence-electron chi connectivity index (χ4n) is 3.97. The Bertz CT molecular complexity index is 879. The fourth-order valence-corrected chi connectivity index (χ4v) is 3.97. The lowest BCUT2D eigenvalue weighted by Crippen LogP contribution is -2.44. The molecule has 1 saturated heterocycles. The number of ether oxygens (including phenoxy) is 1. The first-order valence-corrected chi connectivity index (χ1v) is 9.92. The predicted molar refractivity (Wildman–Crippen MR) is 112 cm³/mol. The second-order valence-electron chi connectivity index (χ2n) is 7.52. The maximum atomic E-state index is 6.32. The van der Waals surface area contributed by atoms with Gasteiger partial charge in [-0.15, -0.1) is 0 Å². The van der Waals surface area contributed by atoms with Gasteiger partial charge in [0.1, 0.15) is 5.75 Å². The minimum atomic E-state index is 0.892. The van der Waals surface area contributed by atoms with Gasteiger partial charge in [-0.3, -0.25) is 0 Å². The number of likely N-dealkylation sites (N-methyl/N-ethyl adjacent to an activating group) is 1. The molecular formula is C23H29N3O. The summed E-state index contributed by atoms with van der Waals surface area (Å²) in [7, 11) is 4.31. The van der Waals surface area contributed by atoms with Crippen molar-refractivity contribution in [1.29, 1.82) is 0 Å². The van der Waals surface area contributed by atoms with Crippen molar-refractivity contribution in [2.75, 3.05) is 39.8 Å². The molecule has 0 radical (unpaired) electrons. The summed E-state index contributed by atoms with van der Waals surface area (Å²) in [6.45, 7) is 5.87. The molecule has 0 bridgehead atoms. The first-order chi connectivity index (χ1) is 13.2. The summed E-state index contributed by atoms with van der Waals surface area (Å²) < 4.78 is 8.51. The molecule has 1 aliphatic heterocycles. The molecule has 4 nitrogen and oxygen atoms in total. The maximum absolute atomic E-state index is 6.32. The second kappa shape index (κ2) is 8.15. The van der Waals surface area contributed by atoms with E-state index in [1.54, 1.807) is 0 Å². The van der Waals surface area contributed by atoms with E-state index in [1.807, 2.05) is 30.3 Å². The molecular weight excluding hydrogens is 334 g/mol. The highest BCUT2D eigenvalue weighted by atomic mass is 16.5. The van der Waals surface area contributed by atoms with Crippen molar-refractivity contribution in [2.24, 2.45) is 7.05 Å². The van der Waals surface area contributed by atoms with E-state index < -0.39 is 0 Å². The van der Waals surface area contributed by atoms with Crippen LogP contribution >= 0.6 is 0 Å². The van der Waals surface area contributed by atoms with Crippen LogP contribution in [0.25, 0.3) is 10.9 Å². The van der Waals surface area contributed by atoms with Crippen LogP contribution in [-0.2, 0) is 13.5 Å². The summed E-state index contributed by atoms with van der Waals surface area (Å²) in [6, 6.07) is 18.7. The van der Waals surface area contributed by atoms with E-state index in [9.17, 15) is 0 Å². The molecule has 27 heavy (non-hydrogen) atoms. The van der Waals surface area contributed by atoms with E-state index in [0.29, 0.717) is 0 Å². The topological polar surface area (TPSA) is 20.6 Å². The SMILES string of the molecule is CN1CCN(CCCc2c(Oc3ccccc3)n(C)c3ccccc23)CC1. The van der Waals surface area contributed by atoms with Gasteiger partial charge in [-0.25, -0.2) is 0 Å². The zero-order valence-electron chi connectivity index (χ0n) is 16.4. The molecule has 1 aromatic heterocycles. The number of benzene rings is 2. The molecule has 3 aromatic rings. The number of aromatic nitrogens is 1. The Morgan fingerprint density at radius 2 is 1.56 bits per heavy atom. The smallest absolute Gasteiger partial charge is 0.204 e. The molecule has 0 unspecified atom stereocenters. The lowest BCUT2D eigenvalue weighted by Gasteiger charge is -2.32. The number of fused-ring (bicyclic) bond motifs is 1. The van der Waals surface area contributed by atoms with Crippen LogP contribution < -0.4 is 4.74 Å². The van der Waals surface area contributed by atoms with Gasteiger partial charge in [-0.2, -0.15) is 0 Å². The number of hydrogen-bond acceptors (Lipinski definition) is 3. The quantitative estimate of drug-likeness (QED) is 0.656. The number of para-hydroxylation sites is 2. The Hall–Kier alpha value is -2.30. The summed E-state index contributed by atoms with van der Waals surface area (Å²) in [4.78, 5) is 5.00. The number of rotatable bonds is 6. The molecule has 0 aliphatic carbocycles. The third-order valence-corrected chi connectivity index (χ3v) is 5.61. The van der Waals surface area contributed by atoms with Crippen molar-refractivity contribution >= 4 is 10.9 Å². The van der Waals surface area contributed by atoms with E-state index in [-0.39, 0.29) is 0 Å². The van der Waals surface area contributed by atoms with Gasteiger partial charge < -0.3 is 19.1 Å². The number of aryl methyl sites for hydroxylation is 2. The van der Waals surface area contributed by atoms with Crippen molar-refractivity contribution < 1.29 is 4.74 Å². The molecule has 4 rings (SSSR count). The molecule has 1 fully saturated rings. The van der Waals surface area contributed by atoms with Gasteiger partial charge in [0.05, 0.1) is 5.52 Å². The van der Waals surface area contributed by atoms with Crippen LogP contribution in [0, 0.1) is 0 Å². The Labute approximate surface area is 162 Å². The average molecular weight is 364 g/mol.